The Morgan fingerprint density at radius 2 is 2.00 bits per heavy atom. The van der Waals surface area contributed by atoms with Gasteiger partial charge in [-0.15, -0.1) is 0 Å². The summed E-state index contributed by atoms with van der Waals surface area (Å²) in [6, 6.07) is 9.59. The molecule has 0 aliphatic carbocycles. The lowest BCUT2D eigenvalue weighted by Crippen LogP contribution is -2.37. The predicted molar refractivity (Wildman–Crippen MR) is 73.0 cm³/mol. The van der Waals surface area contributed by atoms with Crippen molar-refractivity contribution in [1.29, 1.82) is 0 Å². The number of carbonyl (C=O) groups excluding carboxylic acids is 1. The summed E-state index contributed by atoms with van der Waals surface area (Å²) in [5, 5.41) is 3.31. The number of rotatable bonds is 5. The molecule has 1 unspecified atom stereocenters. The first kappa shape index (κ1) is 13.9. The SMILES string of the molecule is COC(=O)C(COc1ccccc1)C1CCNCC1. The van der Waals surface area contributed by atoms with Gasteiger partial charge in [0.2, 0.25) is 0 Å². The summed E-state index contributed by atoms with van der Waals surface area (Å²) in [5.41, 5.74) is 0. The number of benzene rings is 1. The van der Waals surface area contributed by atoms with Crippen LogP contribution in [0.4, 0.5) is 0 Å². The minimum atomic E-state index is -0.174. The molecule has 1 aromatic carbocycles. The highest BCUT2D eigenvalue weighted by atomic mass is 16.5. The van der Waals surface area contributed by atoms with Gasteiger partial charge in [-0.3, -0.25) is 4.79 Å². The van der Waals surface area contributed by atoms with Crippen LogP contribution in [0, 0.1) is 11.8 Å². The van der Waals surface area contributed by atoms with E-state index in [0.29, 0.717) is 12.5 Å². The minimum absolute atomic E-state index is 0.164. The maximum Gasteiger partial charge on any atom is 0.312 e. The van der Waals surface area contributed by atoms with Crippen LogP contribution < -0.4 is 10.1 Å². The Hall–Kier alpha value is -1.55. The molecular formula is C15H21NO3. The average molecular weight is 263 g/mol. The van der Waals surface area contributed by atoms with Crippen molar-refractivity contribution in [3.63, 3.8) is 0 Å². The van der Waals surface area contributed by atoms with Gasteiger partial charge in [-0.25, -0.2) is 0 Å². The van der Waals surface area contributed by atoms with E-state index in [1.54, 1.807) is 0 Å². The molecule has 0 bridgehead atoms. The van der Waals surface area contributed by atoms with Gasteiger partial charge >= 0.3 is 5.97 Å². The van der Waals surface area contributed by atoms with Crippen molar-refractivity contribution in [2.75, 3.05) is 26.8 Å². The molecule has 1 N–H and O–H groups in total. The molecule has 1 atom stereocenters. The van der Waals surface area contributed by atoms with E-state index in [1.807, 2.05) is 30.3 Å². The van der Waals surface area contributed by atoms with Crippen LogP contribution in [0.2, 0.25) is 0 Å². The highest BCUT2D eigenvalue weighted by Gasteiger charge is 2.30. The quantitative estimate of drug-likeness (QED) is 0.824. The molecule has 0 spiro atoms. The second kappa shape index (κ2) is 7.14. The van der Waals surface area contributed by atoms with Gasteiger partial charge in [-0.1, -0.05) is 18.2 Å². The molecule has 0 radical (unpaired) electrons. The van der Waals surface area contributed by atoms with Crippen molar-refractivity contribution in [1.82, 2.24) is 5.32 Å². The molecule has 1 heterocycles. The molecule has 2 rings (SSSR count). The van der Waals surface area contributed by atoms with E-state index in [-0.39, 0.29) is 11.9 Å². The lowest BCUT2D eigenvalue weighted by atomic mass is 9.85. The van der Waals surface area contributed by atoms with Gasteiger partial charge < -0.3 is 14.8 Å². The van der Waals surface area contributed by atoms with Gasteiger partial charge in [-0.2, -0.15) is 0 Å². The number of carbonyl (C=O) groups is 1. The number of para-hydroxylation sites is 1. The Balaban J connectivity index is 1.95. The summed E-state index contributed by atoms with van der Waals surface area (Å²) in [4.78, 5) is 11.9. The number of hydrogen-bond acceptors (Lipinski definition) is 4. The number of esters is 1. The van der Waals surface area contributed by atoms with E-state index in [4.69, 9.17) is 9.47 Å². The van der Waals surface area contributed by atoms with Gasteiger partial charge in [0, 0.05) is 0 Å². The average Bonchev–Trinajstić information content (AvgIpc) is 2.49. The van der Waals surface area contributed by atoms with Crippen molar-refractivity contribution in [2.45, 2.75) is 12.8 Å². The monoisotopic (exact) mass is 263 g/mol. The van der Waals surface area contributed by atoms with Crippen LogP contribution in [0.3, 0.4) is 0 Å². The number of hydrogen-bond donors (Lipinski definition) is 1. The molecule has 0 amide bonds. The first-order chi connectivity index (χ1) is 9.31. The molecule has 1 aromatic rings. The smallest absolute Gasteiger partial charge is 0.312 e. The van der Waals surface area contributed by atoms with Gasteiger partial charge in [0.1, 0.15) is 12.4 Å². The number of ether oxygens (including phenoxy) is 2. The third kappa shape index (κ3) is 3.96. The second-order valence-electron chi connectivity index (χ2n) is 4.84. The van der Waals surface area contributed by atoms with Crippen molar-refractivity contribution >= 4 is 5.97 Å². The molecule has 104 valence electrons. The first-order valence-corrected chi connectivity index (χ1v) is 6.77. The molecule has 0 saturated carbocycles. The maximum absolute atomic E-state index is 11.9. The first-order valence-electron chi connectivity index (χ1n) is 6.77. The number of methoxy groups -OCH3 is 1. The fourth-order valence-corrected chi connectivity index (χ4v) is 2.50. The van der Waals surface area contributed by atoms with E-state index < -0.39 is 0 Å². The van der Waals surface area contributed by atoms with E-state index in [0.717, 1.165) is 31.7 Å². The number of nitrogens with one attached hydrogen (secondary N) is 1. The van der Waals surface area contributed by atoms with E-state index in [1.165, 1.54) is 7.11 Å². The van der Waals surface area contributed by atoms with Crippen LogP contribution in [-0.2, 0) is 9.53 Å². The van der Waals surface area contributed by atoms with Crippen molar-refractivity contribution in [3.05, 3.63) is 30.3 Å². The topological polar surface area (TPSA) is 47.6 Å². The van der Waals surface area contributed by atoms with Crippen molar-refractivity contribution in [3.8, 4) is 5.75 Å². The molecule has 19 heavy (non-hydrogen) atoms. The fourth-order valence-electron chi connectivity index (χ4n) is 2.50. The molecule has 1 aliphatic heterocycles. The summed E-state index contributed by atoms with van der Waals surface area (Å²) in [6.45, 7) is 2.31. The zero-order valence-electron chi connectivity index (χ0n) is 11.3. The van der Waals surface area contributed by atoms with Gasteiger partial charge in [0.15, 0.2) is 0 Å². The summed E-state index contributed by atoms with van der Waals surface area (Å²) in [5.74, 6) is 0.804. The Morgan fingerprint density at radius 1 is 1.32 bits per heavy atom. The van der Waals surface area contributed by atoms with Crippen LogP contribution >= 0.6 is 0 Å². The van der Waals surface area contributed by atoms with Crippen LogP contribution in [-0.4, -0.2) is 32.8 Å². The highest BCUT2D eigenvalue weighted by Crippen LogP contribution is 2.24. The highest BCUT2D eigenvalue weighted by molar-refractivity contribution is 5.72. The molecule has 4 nitrogen and oxygen atoms in total. The molecule has 1 saturated heterocycles. The second-order valence-corrected chi connectivity index (χ2v) is 4.84. The third-order valence-electron chi connectivity index (χ3n) is 3.63. The van der Waals surface area contributed by atoms with Crippen LogP contribution in [0.25, 0.3) is 0 Å². The zero-order valence-corrected chi connectivity index (χ0v) is 11.3. The molecule has 1 aliphatic rings. The normalized spacial score (nSPS) is 17.7. The maximum atomic E-state index is 11.9. The lowest BCUT2D eigenvalue weighted by molar-refractivity contribution is -0.149. The van der Waals surface area contributed by atoms with E-state index in [9.17, 15) is 4.79 Å². The van der Waals surface area contributed by atoms with Gasteiger partial charge in [0.25, 0.3) is 0 Å². The predicted octanol–water partition coefficient (Wildman–Crippen LogP) is 1.85. The molecule has 1 fully saturated rings. The largest absolute Gasteiger partial charge is 0.493 e. The Labute approximate surface area is 114 Å². The minimum Gasteiger partial charge on any atom is -0.493 e. The van der Waals surface area contributed by atoms with Crippen molar-refractivity contribution < 1.29 is 14.3 Å². The zero-order chi connectivity index (χ0) is 13.5. The van der Waals surface area contributed by atoms with Gasteiger partial charge in [0.05, 0.1) is 13.0 Å². The lowest BCUT2D eigenvalue weighted by Gasteiger charge is -2.28. The standard InChI is InChI=1S/C15H21NO3/c1-18-15(17)14(12-7-9-16-10-8-12)11-19-13-5-3-2-4-6-13/h2-6,12,14,16H,7-11H2,1H3. The van der Waals surface area contributed by atoms with Crippen LogP contribution in [0.1, 0.15) is 12.8 Å². The summed E-state index contributed by atoms with van der Waals surface area (Å²) >= 11 is 0. The van der Waals surface area contributed by atoms with Crippen LogP contribution in [0.5, 0.6) is 5.75 Å². The third-order valence-corrected chi connectivity index (χ3v) is 3.63. The molecule has 0 aromatic heterocycles. The van der Waals surface area contributed by atoms with E-state index in [2.05, 4.69) is 5.32 Å². The summed E-state index contributed by atoms with van der Waals surface area (Å²) in [6.07, 6.45) is 2.00. The molecule has 4 heteroatoms. The Morgan fingerprint density at radius 3 is 2.63 bits per heavy atom. The van der Waals surface area contributed by atoms with Crippen LogP contribution in [0.15, 0.2) is 30.3 Å². The fraction of sp³-hybridized carbons (Fsp3) is 0.533. The Kier molecular flexibility index (Phi) is 5.21. The van der Waals surface area contributed by atoms with Crippen molar-refractivity contribution in [2.24, 2.45) is 11.8 Å². The summed E-state index contributed by atoms with van der Waals surface area (Å²) < 4.78 is 10.6. The molecular weight excluding hydrogens is 242 g/mol. The van der Waals surface area contributed by atoms with Gasteiger partial charge in [-0.05, 0) is 44.0 Å². The van der Waals surface area contributed by atoms with E-state index >= 15 is 0 Å². The Bertz CT molecular complexity index is 388. The summed E-state index contributed by atoms with van der Waals surface area (Å²) in [7, 11) is 1.44. The number of piperidine rings is 1.